The second kappa shape index (κ2) is 3.89. The highest BCUT2D eigenvalue weighted by molar-refractivity contribution is 5.24. The second-order valence-electron chi connectivity index (χ2n) is 5.48. The molecule has 1 aromatic rings. The van der Waals surface area contributed by atoms with Crippen molar-refractivity contribution in [2.75, 3.05) is 0 Å². The lowest BCUT2D eigenvalue weighted by Gasteiger charge is -2.42. The summed E-state index contributed by atoms with van der Waals surface area (Å²) < 4.78 is 0. The highest BCUT2D eigenvalue weighted by Crippen LogP contribution is 2.51. The molecule has 0 heterocycles. The summed E-state index contributed by atoms with van der Waals surface area (Å²) in [6.45, 7) is 0. The minimum atomic E-state index is -0.527. The van der Waals surface area contributed by atoms with Crippen molar-refractivity contribution in [2.45, 2.75) is 44.1 Å². The van der Waals surface area contributed by atoms with Crippen molar-refractivity contribution in [1.82, 2.24) is 0 Å². The van der Waals surface area contributed by atoms with Gasteiger partial charge in [-0.3, -0.25) is 0 Å². The molecule has 0 aromatic heterocycles. The predicted octanol–water partition coefficient (Wildman–Crippen LogP) is 3.47. The van der Waals surface area contributed by atoms with E-state index in [-0.39, 0.29) is 0 Å². The third kappa shape index (κ3) is 1.49. The van der Waals surface area contributed by atoms with E-state index in [1.807, 2.05) is 18.2 Å². The summed E-state index contributed by atoms with van der Waals surface area (Å²) in [5, 5.41) is 11.0. The van der Waals surface area contributed by atoms with Crippen LogP contribution in [0.25, 0.3) is 0 Å². The first-order valence-electron chi connectivity index (χ1n) is 6.58. The number of aliphatic hydroxyl groups is 1. The van der Waals surface area contributed by atoms with Gasteiger partial charge in [-0.1, -0.05) is 43.2 Å². The molecule has 1 aromatic carbocycles. The second-order valence-corrected chi connectivity index (χ2v) is 5.48. The van der Waals surface area contributed by atoms with Gasteiger partial charge in [0.15, 0.2) is 0 Å². The van der Waals surface area contributed by atoms with E-state index in [4.69, 9.17) is 0 Å². The molecule has 0 radical (unpaired) electrons. The third-order valence-corrected chi connectivity index (χ3v) is 4.68. The van der Waals surface area contributed by atoms with E-state index in [1.165, 1.54) is 32.1 Å². The lowest BCUT2D eigenvalue weighted by molar-refractivity contribution is -0.0700. The Balaban J connectivity index is 1.96. The molecule has 2 aliphatic carbocycles. The topological polar surface area (TPSA) is 20.2 Å². The van der Waals surface area contributed by atoms with E-state index in [1.54, 1.807) is 0 Å². The van der Waals surface area contributed by atoms with E-state index < -0.39 is 5.60 Å². The van der Waals surface area contributed by atoms with Gasteiger partial charge in [-0.25, -0.2) is 0 Å². The van der Waals surface area contributed by atoms with Crippen molar-refractivity contribution in [3.63, 3.8) is 0 Å². The van der Waals surface area contributed by atoms with Gasteiger partial charge in [-0.2, -0.15) is 0 Å². The van der Waals surface area contributed by atoms with E-state index >= 15 is 0 Å². The van der Waals surface area contributed by atoms with Crippen LogP contribution in [0.2, 0.25) is 0 Å². The maximum absolute atomic E-state index is 11.0. The lowest BCUT2D eigenvalue weighted by Crippen LogP contribution is -2.40. The van der Waals surface area contributed by atoms with Crippen LogP contribution in [-0.4, -0.2) is 5.11 Å². The molecule has 0 unspecified atom stereocenters. The van der Waals surface area contributed by atoms with Crippen molar-refractivity contribution >= 4 is 0 Å². The number of hydrogen-bond donors (Lipinski definition) is 1. The van der Waals surface area contributed by atoms with Crippen LogP contribution in [0.15, 0.2) is 30.3 Å². The first kappa shape index (κ1) is 10.3. The van der Waals surface area contributed by atoms with Gasteiger partial charge in [0.05, 0.1) is 5.60 Å². The molecule has 3 rings (SSSR count). The Hall–Kier alpha value is -0.820. The fraction of sp³-hybridized carbons (Fsp3) is 0.600. The third-order valence-electron chi connectivity index (χ3n) is 4.68. The monoisotopic (exact) mass is 216 g/mol. The average Bonchev–Trinajstić information content (AvgIpc) is 2.80. The highest BCUT2D eigenvalue weighted by Gasteiger charge is 2.46. The van der Waals surface area contributed by atoms with Crippen molar-refractivity contribution in [3.8, 4) is 0 Å². The van der Waals surface area contributed by atoms with Crippen LogP contribution in [-0.2, 0) is 5.60 Å². The zero-order valence-corrected chi connectivity index (χ0v) is 9.73. The molecule has 0 aliphatic heterocycles. The smallest absolute Gasteiger partial charge is 0.0927 e. The standard InChI is InChI=1S/C15H20O/c16-15(13-8-2-1-3-9-13)11-5-7-12-6-4-10-14(12)15/h1-3,8-9,12,14,16H,4-7,10-11H2/t12-,14-,15-/m0/s1. The lowest BCUT2D eigenvalue weighted by atomic mass is 9.67. The maximum atomic E-state index is 11.0. The first-order valence-corrected chi connectivity index (χ1v) is 6.58. The maximum Gasteiger partial charge on any atom is 0.0927 e. The Morgan fingerprint density at radius 3 is 2.56 bits per heavy atom. The molecule has 2 saturated carbocycles. The minimum absolute atomic E-state index is 0.517. The Labute approximate surface area is 97.5 Å². The van der Waals surface area contributed by atoms with Gasteiger partial charge in [0, 0.05) is 0 Å². The van der Waals surface area contributed by atoms with Gasteiger partial charge < -0.3 is 5.11 Å². The Bertz CT molecular complexity index is 359. The predicted molar refractivity (Wildman–Crippen MR) is 65.0 cm³/mol. The van der Waals surface area contributed by atoms with Gasteiger partial charge in [-0.15, -0.1) is 0 Å². The number of fused-ring (bicyclic) bond motifs is 1. The molecular weight excluding hydrogens is 196 g/mol. The van der Waals surface area contributed by atoms with E-state index in [2.05, 4.69) is 12.1 Å². The van der Waals surface area contributed by atoms with E-state index in [0.717, 1.165) is 17.9 Å². The summed E-state index contributed by atoms with van der Waals surface area (Å²) in [6, 6.07) is 10.3. The zero-order chi connectivity index (χ0) is 11.0. The van der Waals surface area contributed by atoms with Gasteiger partial charge in [0.25, 0.3) is 0 Å². The molecule has 1 N–H and O–H groups in total. The van der Waals surface area contributed by atoms with Crippen molar-refractivity contribution < 1.29 is 5.11 Å². The quantitative estimate of drug-likeness (QED) is 0.762. The first-order chi connectivity index (χ1) is 7.81. The van der Waals surface area contributed by atoms with Crippen LogP contribution in [0.4, 0.5) is 0 Å². The summed E-state index contributed by atoms with van der Waals surface area (Å²) in [6.07, 6.45) is 7.34. The van der Waals surface area contributed by atoms with Crippen LogP contribution < -0.4 is 0 Å². The van der Waals surface area contributed by atoms with Crippen LogP contribution in [0, 0.1) is 11.8 Å². The normalized spacial score (nSPS) is 38.3. The van der Waals surface area contributed by atoms with Crippen LogP contribution in [0.3, 0.4) is 0 Å². The molecule has 0 spiro atoms. The summed E-state index contributed by atoms with van der Waals surface area (Å²) in [5.41, 5.74) is 0.618. The summed E-state index contributed by atoms with van der Waals surface area (Å²) in [7, 11) is 0. The van der Waals surface area contributed by atoms with Gasteiger partial charge in [-0.05, 0) is 43.1 Å². The van der Waals surface area contributed by atoms with Crippen LogP contribution in [0.5, 0.6) is 0 Å². The van der Waals surface area contributed by atoms with Crippen molar-refractivity contribution in [2.24, 2.45) is 11.8 Å². The largest absolute Gasteiger partial charge is 0.385 e. The molecule has 16 heavy (non-hydrogen) atoms. The van der Waals surface area contributed by atoms with Crippen LogP contribution >= 0.6 is 0 Å². The zero-order valence-electron chi connectivity index (χ0n) is 9.73. The highest BCUT2D eigenvalue weighted by atomic mass is 16.3. The number of rotatable bonds is 1. The van der Waals surface area contributed by atoms with Gasteiger partial charge in [0.1, 0.15) is 0 Å². The molecule has 2 aliphatic rings. The SMILES string of the molecule is O[C@]1(c2ccccc2)CCC[C@@H]2CCC[C@@H]21. The summed E-state index contributed by atoms with van der Waals surface area (Å²) in [4.78, 5) is 0. The van der Waals surface area contributed by atoms with Crippen molar-refractivity contribution in [1.29, 1.82) is 0 Å². The fourth-order valence-corrected chi connectivity index (χ4v) is 3.92. The van der Waals surface area contributed by atoms with Crippen molar-refractivity contribution in [3.05, 3.63) is 35.9 Å². The van der Waals surface area contributed by atoms with E-state index in [0.29, 0.717) is 5.92 Å². The molecule has 2 fully saturated rings. The Kier molecular flexibility index (Phi) is 2.51. The molecule has 0 bridgehead atoms. The average molecular weight is 216 g/mol. The number of hydrogen-bond acceptors (Lipinski definition) is 1. The molecule has 0 amide bonds. The minimum Gasteiger partial charge on any atom is -0.385 e. The molecular formula is C15H20O. The summed E-state index contributed by atoms with van der Waals surface area (Å²) >= 11 is 0. The summed E-state index contributed by atoms with van der Waals surface area (Å²) in [5.74, 6) is 1.29. The molecule has 3 atom stereocenters. The molecule has 1 nitrogen and oxygen atoms in total. The Morgan fingerprint density at radius 2 is 1.75 bits per heavy atom. The molecule has 86 valence electrons. The van der Waals surface area contributed by atoms with Gasteiger partial charge >= 0.3 is 0 Å². The van der Waals surface area contributed by atoms with Gasteiger partial charge in [0.2, 0.25) is 0 Å². The fourth-order valence-electron chi connectivity index (χ4n) is 3.92. The molecule has 0 saturated heterocycles. The molecule has 1 heteroatoms. The van der Waals surface area contributed by atoms with E-state index in [9.17, 15) is 5.11 Å². The van der Waals surface area contributed by atoms with Crippen LogP contribution in [0.1, 0.15) is 44.1 Å². The number of benzene rings is 1. The Morgan fingerprint density at radius 1 is 1.00 bits per heavy atom.